The molecule has 0 atom stereocenters. The van der Waals surface area contributed by atoms with E-state index in [1.165, 1.54) is 0 Å². The summed E-state index contributed by atoms with van der Waals surface area (Å²) in [5, 5.41) is 0. The lowest BCUT2D eigenvalue weighted by molar-refractivity contribution is 1.31. The van der Waals surface area contributed by atoms with Crippen molar-refractivity contribution in [3.63, 3.8) is 0 Å². The average Bonchev–Trinajstić information content (AvgIpc) is 2.05. The van der Waals surface area contributed by atoms with Crippen LogP contribution in [-0.4, -0.2) is 17.7 Å². The van der Waals surface area contributed by atoms with Gasteiger partial charge in [0.2, 0.25) is 0 Å². The van der Waals surface area contributed by atoms with Gasteiger partial charge in [-0.2, -0.15) is 0 Å². The summed E-state index contributed by atoms with van der Waals surface area (Å²) in [5.74, 6) is 0.539. The van der Waals surface area contributed by atoms with Gasteiger partial charge in [-0.1, -0.05) is 0 Å². The van der Waals surface area contributed by atoms with Crippen LogP contribution < -0.4 is 5.73 Å². The highest BCUT2D eigenvalue weighted by molar-refractivity contribution is 5.98. The number of aromatic nitrogens is 1. The molecule has 3 nitrogen and oxygen atoms in total. The smallest absolute Gasteiger partial charge is 0.123 e. The molecule has 0 saturated carbocycles. The molecule has 0 aromatic carbocycles. The summed E-state index contributed by atoms with van der Waals surface area (Å²) in [5.41, 5.74) is 7.40. The molecule has 0 bridgehead atoms. The Hall–Kier alpha value is -1.38. The molecule has 11 heavy (non-hydrogen) atoms. The molecule has 0 aliphatic carbocycles. The van der Waals surface area contributed by atoms with Gasteiger partial charge in [0, 0.05) is 24.5 Å². The van der Waals surface area contributed by atoms with E-state index in [1.807, 2.05) is 13.0 Å². The van der Waals surface area contributed by atoms with Crippen LogP contribution in [0.4, 0.5) is 5.82 Å². The minimum atomic E-state index is 0.539. The molecule has 1 aromatic heterocycles. The van der Waals surface area contributed by atoms with Gasteiger partial charge in [0.1, 0.15) is 5.82 Å². The standard InChI is InChI=1S/C8H11N3/c1-6(10-2)7-3-4-8(9)11-5-7/h3-5H,1-2H3,(H2,9,11). The molecule has 0 amide bonds. The van der Waals surface area contributed by atoms with E-state index in [9.17, 15) is 0 Å². The maximum atomic E-state index is 5.42. The van der Waals surface area contributed by atoms with E-state index < -0.39 is 0 Å². The minimum Gasteiger partial charge on any atom is -0.384 e. The molecule has 3 heteroatoms. The Morgan fingerprint density at radius 3 is 2.73 bits per heavy atom. The van der Waals surface area contributed by atoms with Crippen LogP contribution in [0.5, 0.6) is 0 Å². The fourth-order valence-electron chi connectivity index (χ4n) is 0.748. The number of hydrogen-bond acceptors (Lipinski definition) is 3. The third-order valence-corrected chi connectivity index (χ3v) is 1.54. The second kappa shape index (κ2) is 3.14. The van der Waals surface area contributed by atoms with Crippen LogP contribution in [0.25, 0.3) is 0 Å². The molecule has 0 spiro atoms. The molecule has 1 heterocycles. The lowest BCUT2D eigenvalue weighted by Crippen LogP contribution is -1.96. The van der Waals surface area contributed by atoms with Crippen molar-refractivity contribution in [2.45, 2.75) is 6.92 Å². The molecule has 0 aliphatic heterocycles. The number of anilines is 1. The summed E-state index contributed by atoms with van der Waals surface area (Å²) in [7, 11) is 1.76. The van der Waals surface area contributed by atoms with Gasteiger partial charge in [0.05, 0.1) is 0 Å². The molecule has 1 rings (SSSR count). The monoisotopic (exact) mass is 149 g/mol. The van der Waals surface area contributed by atoms with Gasteiger partial charge < -0.3 is 5.73 Å². The van der Waals surface area contributed by atoms with E-state index in [0.29, 0.717) is 5.82 Å². The normalized spacial score (nSPS) is 11.6. The molecule has 0 fully saturated rings. The number of aliphatic imine (C=N–C) groups is 1. The van der Waals surface area contributed by atoms with E-state index >= 15 is 0 Å². The Bertz CT molecular complexity index is 261. The fourth-order valence-corrected chi connectivity index (χ4v) is 0.748. The van der Waals surface area contributed by atoms with Gasteiger partial charge in [-0.25, -0.2) is 4.98 Å². The largest absolute Gasteiger partial charge is 0.384 e. The zero-order chi connectivity index (χ0) is 8.27. The minimum absolute atomic E-state index is 0.539. The highest BCUT2D eigenvalue weighted by Crippen LogP contribution is 2.01. The predicted molar refractivity (Wildman–Crippen MR) is 46.8 cm³/mol. The van der Waals surface area contributed by atoms with E-state index in [1.54, 1.807) is 19.3 Å². The SMILES string of the molecule is CN=C(C)c1ccc(N)nc1. The van der Waals surface area contributed by atoms with Crippen LogP contribution in [0.1, 0.15) is 12.5 Å². The van der Waals surface area contributed by atoms with Crippen LogP contribution in [-0.2, 0) is 0 Å². The number of hydrogen-bond donors (Lipinski definition) is 1. The summed E-state index contributed by atoms with van der Waals surface area (Å²) in [6.45, 7) is 1.94. The van der Waals surface area contributed by atoms with E-state index in [4.69, 9.17) is 5.73 Å². The lowest BCUT2D eigenvalue weighted by Gasteiger charge is -1.97. The van der Waals surface area contributed by atoms with Crippen molar-refractivity contribution >= 4 is 11.5 Å². The number of nitrogens with two attached hydrogens (primary N) is 1. The Morgan fingerprint density at radius 1 is 1.55 bits per heavy atom. The topological polar surface area (TPSA) is 51.3 Å². The Balaban J connectivity index is 2.99. The predicted octanol–water partition coefficient (Wildman–Crippen LogP) is 1.10. The Labute approximate surface area is 66.0 Å². The van der Waals surface area contributed by atoms with Gasteiger partial charge in [-0.3, -0.25) is 4.99 Å². The van der Waals surface area contributed by atoms with Gasteiger partial charge in [0.25, 0.3) is 0 Å². The maximum absolute atomic E-state index is 5.42. The van der Waals surface area contributed by atoms with Crippen molar-refractivity contribution in [1.82, 2.24) is 4.98 Å². The van der Waals surface area contributed by atoms with Gasteiger partial charge in [-0.05, 0) is 19.1 Å². The van der Waals surface area contributed by atoms with Crippen molar-refractivity contribution < 1.29 is 0 Å². The number of rotatable bonds is 1. The van der Waals surface area contributed by atoms with Crippen molar-refractivity contribution in [1.29, 1.82) is 0 Å². The van der Waals surface area contributed by atoms with Gasteiger partial charge in [0.15, 0.2) is 0 Å². The lowest BCUT2D eigenvalue weighted by atomic mass is 10.2. The van der Waals surface area contributed by atoms with Gasteiger partial charge in [-0.15, -0.1) is 0 Å². The van der Waals surface area contributed by atoms with Gasteiger partial charge >= 0.3 is 0 Å². The van der Waals surface area contributed by atoms with E-state index in [0.717, 1.165) is 11.3 Å². The van der Waals surface area contributed by atoms with Crippen LogP contribution in [0.2, 0.25) is 0 Å². The summed E-state index contributed by atoms with van der Waals surface area (Å²) in [6, 6.07) is 3.68. The zero-order valence-electron chi connectivity index (χ0n) is 6.70. The highest BCUT2D eigenvalue weighted by Gasteiger charge is 1.94. The fraction of sp³-hybridized carbons (Fsp3) is 0.250. The summed E-state index contributed by atoms with van der Waals surface area (Å²) in [6.07, 6.45) is 1.72. The Kier molecular flexibility index (Phi) is 2.21. The molecular formula is C8H11N3. The first-order chi connectivity index (χ1) is 5.24. The summed E-state index contributed by atoms with van der Waals surface area (Å²) >= 11 is 0. The number of nitrogen functional groups attached to an aromatic ring is 1. The van der Waals surface area contributed by atoms with Crippen molar-refractivity contribution in [3.05, 3.63) is 23.9 Å². The quantitative estimate of drug-likeness (QED) is 0.608. The summed E-state index contributed by atoms with van der Waals surface area (Å²) < 4.78 is 0. The first-order valence-corrected chi connectivity index (χ1v) is 3.39. The second-order valence-corrected chi connectivity index (χ2v) is 2.28. The molecule has 0 radical (unpaired) electrons. The average molecular weight is 149 g/mol. The molecular weight excluding hydrogens is 138 g/mol. The molecule has 0 saturated heterocycles. The van der Waals surface area contributed by atoms with Crippen LogP contribution in [0, 0.1) is 0 Å². The molecule has 2 N–H and O–H groups in total. The first-order valence-electron chi connectivity index (χ1n) is 3.39. The zero-order valence-corrected chi connectivity index (χ0v) is 6.70. The van der Waals surface area contributed by atoms with E-state index in [2.05, 4.69) is 9.98 Å². The van der Waals surface area contributed by atoms with Crippen LogP contribution in [0.3, 0.4) is 0 Å². The molecule has 1 aromatic rings. The third kappa shape index (κ3) is 1.77. The van der Waals surface area contributed by atoms with Crippen molar-refractivity contribution in [2.75, 3.05) is 12.8 Å². The van der Waals surface area contributed by atoms with E-state index in [-0.39, 0.29) is 0 Å². The van der Waals surface area contributed by atoms with Crippen molar-refractivity contribution in [3.8, 4) is 0 Å². The van der Waals surface area contributed by atoms with Crippen LogP contribution in [0.15, 0.2) is 23.3 Å². The second-order valence-electron chi connectivity index (χ2n) is 2.28. The molecule has 58 valence electrons. The van der Waals surface area contributed by atoms with Crippen LogP contribution >= 0.6 is 0 Å². The van der Waals surface area contributed by atoms with Crippen molar-refractivity contribution in [2.24, 2.45) is 4.99 Å². The number of nitrogens with zero attached hydrogens (tertiary/aromatic N) is 2. The Morgan fingerprint density at radius 2 is 2.27 bits per heavy atom. The maximum Gasteiger partial charge on any atom is 0.123 e. The highest BCUT2D eigenvalue weighted by atomic mass is 14.8. The summed E-state index contributed by atoms with van der Waals surface area (Å²) in [4.78, 5) is 7.97. The third-order valence-electron chi connectivity index (χ3n) is 1.54. The number of pyridine rings is 1. The first kappa shape index (κ1) is 7.72. The molecule has 0 aliphatic rings. The molecule has 0 unspecified atom stereocenters.